The maximum atomic E-state index is 4.85. The molecule has 0 saturated heterocycles. The van der Waals surface area contributed by atoms with E-state index in [1.165, 1.54) is 45.0 Å². The molecule has 176 valence electrons. The van der Waals surface area contributed by atoms with Gasteiger partial charge in [0, 0.05) is 0 Å². The molecule has 0 fully saturated rings. The summed E-state index contributed by atoms with van der Waals surface area (Å²) in [4.78, 5) is 9.70. The van der Waals surface area contributed by atoms with Crippen molar-refractivity contribution < 1.29 is 17.4 Å². The second kappa shape index (κ2) is 9.53. The molecule has 0 aliphatic rings. The number of rotatable bonds is 0. The molecule has 0 aliphatic carbocycles. The monoisotopic (exact) mass is 464 g/mol. The summed E-state index contributed by atoms with van der Waals surface area (Å²) in [6.07, 6.45) is 0. The zero-order valence-corrected chi connectivity index (χ0v) is 24.6. The van der Waals surface area contributed by atoms with Gasteiger partial charge in [-0.15, -0.1) is 0 Å². The van der Waals surface area contributed by atoms with Crippen molar-refractivity contribution >= 4 is 0 Å². The SMILES string of the molecule is Cc1c(C(C)(C)C)[n-]c(C(C)(C)C)c1C.Cc1c(C(C)(C)C)[n-]c(C(C)(C)C)c1C.[Cr+2]. The molecule has 0 amide bonds. The predicted octanol–water partition coefficient (Wildman–Crippen LogP) is 7.71. The Labute approximate surface area is 204 Å². The van der Waals surface area contributed by atoms with Gasteiger partial charge in [-0.05, 0) is 49.4 Å². The average molecular weight is 465 g/mol. The third-order valence-electron chi connectivity index (χ3n) is 5.83. The van der Waals surface area contributed by atoms with Crippen LogP contribution in [0.3, 0.4) is 0 Å². The fourth-order valence-electron chi connectivity index (χ4n) is 4.19. The van der Waals surface area contributed by atoms with Crippen molar-refractivity contribution in [2.45, 2.75) is 132 Å². The molecule has 0 spiro atoms. The summed E-state index contributed by atoms with van der Waals surface area (Å²) >= 11 is 0. The standard InChI is InChI=1S/2C14H24N.Cr/c2*1-9-10(2)12(14(6,7)8)15-11(9)13(3,4)5;/h2*1-8H3;/q2*-1;+2. The van der Waals surface area contributed by atoms with Gasteiger partial charge >= 0.3 is 17.4 Å². The minimum atomic E-state index is 0. The largest absolute Gasteiger partial charge is 2.00 e. The van der Waals surface area contributed by atoms with Gasteiger partial charge in [-0.25, -0.2) is 0 Å². The Balaban J connectivity index is 0.000000562. The first kappa shape index (κ1) is 30.1. The summed E-state index contributed by atoms with van der Waals surface area (Å²) < 4.78 is 0. The summed E-state index contributed by atoms with van der Waals surface area (Å²) in [6, 6.07) is 0. The predicted molar refractivity (Wildman–Crippen MR) is 133 cm³/mol. The fraction of sp³-hybridized carbons (Fsp3) is 0.714. The summed E-state index contributed by atoms with van der Waals surface area (Å²) in [5, 5.41) is 0. The molecule has 2 rings (SSSR count). The molecule has 0 bridgehead atoms. The first-order valence-corrected chi connectivity index (χ1v) is 11.4. The van der Waals surface area contributed by atoms with Gasteiger partial charge in [0.1, 0.15) is 0 Å². The summed E-state index contributed by atoms with van der Waals surface area (Å²) in [5.74, 6) is 0. The molecule has 3 heteroatoms. The molecule has 0 N–H and O–H groups in total. The van der Waals surface area contributed by atoms with Crippen molar-refractivity contribution in [3.63, 3.8) is 0 Å². The minimum absolute atomic E-state index is 0. The Morgan fingerprint density at radius 3 is 0.548 bits per heavy atom. The van der Waals surface area contributed by atoms with Gasteiger partial charge in [-0.1, -0.05) is 105 Å². The van der Waals surface area contributed by atoms with Gasteiger partial charge in [0.05, 0.1) is 0 Å². The van der Waals surface area contributed by atoms with Crippen LogP contribution in [0, 0.1) is 27.7 Å². The molecule has 2 heterocycles. The van der Waals surface area contributed by atoms with Crippen molar-refractivity contribution in [2.24, 2.45) is 0 Å². The molecule has 0 unspecified atom stereocenters. The Kier molecular flexibility index (Phi) is 9.25. The number of aromatic nitrogens is 2. The first-order chi connectivity index (χ1) is 13.1. The normalized spacial score (nSPS) is 12.9. The molecule has 31 heavy (non-hydrogen) atoms. The molecule has 2 nitrogen and oxygen atoms in total. The van der Waals surface area contributed by atoms with Crippen LogP contribution in [0.5, 0.6) is 0 Å². The van der Waals surface area contributed by atoms with Crippen molar-refractivity contribution in [3.05, 3.63) is 45.0 Å². The van der Waals surface area contributed by atoms with Gasteiger partial charge in [0.15, 0.2) is 0 Å². The second-order valence-electron chi connectivity index (χ2n) is 13.1. The van der Waals surface area contributed by atoms with Crippen LogP contribution in [-0.4, -0.2) is 0 Å². The van der Waals surface area contributed by atoms with Crippen molar-refractivity contribution in [2.75, 3.05) is 0 Å². The van der Waals surface area contributed by atoms with Gasteiger partial charge in [-0.3, -0.25) is 0 Å². The fourth-order valence-corrected chi connectivity index (χ4v) is 4.19. The number of hydrogen-bond acceptors (Lipinski definition) is 0. The van der Waals surface area contributed by atoms with Crippen LogP contribution in [-0.2, 0) is 39.0 Å². The first-order valence-electron chi connectivity index (χ1n) is 11.4. The second-order valence-corrected chi connectivity index (χ2v) is 13.1. The molecular formula is C28H48CrN2. The van der Waals surface area contributed by atoms with Gasteiger partial charge in [0.25, 0.3) is 0 Å². The number of hydrogen-bond donors (Lipinski definition) is 0. The van der Waals surface area contributed by atoms with Crippen LogP contribution in [0.4, 0.5) is 0 Å². The summed E-state index contributed by atoms with van der Waals surface area (Å²) in [6.45, 7) is 35.5. The van der Waals surface area contributed by atoms with Crippen molar-refractivity contribution in [1.82, 2.24) is 9.97 Å². The van der Waals surface area contributed by atoms with Crippen molar-refractivity contribution in [1.29, 1.82) is 0 Å². The zero-order chi connectivity index (χ0) is 24.0. The Bertz CT molecular complexity index is 723. The molecule has 2 aromatic rings. The van der Waals surface area contributed by atoms with E-state index in [-0.39, 0.29) is 39.0 Å². The summed E-state index contributed by atoms with van der Waals surface area (Å²) in [5.41, 5.74) is 11.1. The molecule has 0 saturated carbocycles. The maximum Gasteiger partial charge on any atom is 2.00 e. The van der Waals surface area contributed by atoms with Crippen LogP contribution < -0.4 is 9.97 Å². The van der Waals surface area contributed by atoms with Crippen LogP contribution >= 0.6 is 0 Å². The quantitative estimate of drug-likeness (QED) is 0.399. The van der Waals surface area contributed by atoms with E-state index in [1.807, 2.05) is 0 Å². The number of nitrogens with zero attached hydrogens (tertiary/aromatic N) is 2. The van der Waals surface area contributed by atoms with Gasteiger partial charge in [-0.2, -0.15) is 22.8 Å². The van der Waals surface area contributed by atoms with Crippen LogP contribution in [0.1, 0.15) is 128 Å². The van der Waals surface area contributed by atoms with Crippen LogP contribution in [0.25, 0.3) is 0 Å². The van der Waals surface area contributed by atoms with E-state index in [2.05, 4.69) is 111 Å². The Hall–Kier alpha value is -0.908. The van der Waals surface area contributed by atoms with Gasteiger partial charge < -0.3 is 9.97 Å². The molecule has 2 aromatic heterocycles. The van der Waals surface area contributed by atoms with E-state index >= 15 is 0 Å². The topological polar surface area (TPSA) is 28.2 Å². The molecule has 0 aliphatic heterocycles. The molecule has 0 radical (unpaired) electrons. The Morgan fingerprint density at radius 2 is 0.484 bits per heavy atom. The molecule has 0 aromatic carbocycles. The van der Waals surface area contributed by atoms with E-state index in [9.17, 15) is 0 Å². The summed E-state index contributed by atoms with van der Waals surface area (Å²) in [7, 11) is 0. The van der Waals surface area contributed by atoms with E-state index in [1.54, 1.807) is 0 Å². The smallest absolute Gasteiger partial charge is 0.663 e. The van der Waals surface area contributed by atoms with Crippen LogP contribution in [0.2, 0.25) is 0 Å². The van der Waals surface area contributed by atoms with Gasteiger partial charge in [0.2, 0.25) is 0 Å². The Morgan fingerprint density at radius 1 is 0.355 bits per heavy atom. The minimum Gasteiger partial charge on any atom is -0.663 e. The average Bonchev–Trinajstić information content (AvgIpc) is 2.97. The van der Waals surface area contributed by atoms with E-state index in [0.717, 1.165) is 0 Å². The van der Waals surface area contributed by atoms with Crippen LogP contribution in [0.15, 0.2) is 0 Å². The van der Waals surface area contributed by atoms with Crippen molar-refractivity contribution in [3.8, 4) is 0 Å². The van der Waals surface area contributed by atoms with E-state index in [0.29, 0.717) is 0 Å². The third kappa shape index (κ3) is 7.04. The third-order valence-corrected chi connectivity index (χ3v) is 5.83. The molecule has 0 atom stereocenters. The maximum absolute atomic E-state index is 4.85. The van der Waals surface area contributed by atoms with E-state index < -0.39 is 0 Å². The zero-order valence-electron chi connectivity index (χ0n) is 23.3. The molecular weight excluding hydrogens is 416 g/mol. The van der Waals surface area contributed by atoms with E-state index in [4.69, 9.17) is 9.97 Å².